The highest BCUT2D eigenvalue weighted by atomic mass is 35.5. The molecular formula is C16H20ClNO. The van der Waals surface area contributed by atoms with E-state index >= 15 is 0 Å². The quantitative estimate of drug-likeness (QED) is 0.812. The van der Waals surface area contributed by atoms with Gasteiger partial charge >= 0.3 is 0 Å². The van der Waals surface area contributed by atoms with E-state index in [-0.39, 0.29) is 12.4 Å². The minimum absolute atomic E-state index is 0. The third-order valence-electron chi connectivity index (χ3n) is 2.80. The Morgan fingerprint density at radius 1 is 0.947 bits per heavy atom. The van der Waals surface area contributed by atoms with Crippen LogP contribution in [0.1, 0.15) is 6.42 Å². The summed E-state index contributed by atoms with van der Waals surface area (Å²) in [4.78, 5) is 0. The Labute approximate surface area is 121 Å². The van der Waals surface area contributed by atoms with Crippen molar-refractivity contribution in [2.75, 3.05) is 20.2 Å². The smallest absolute Gasteiger partial charge is 0.127 e. The zero-order valence-corrected chi connectivity index (χ0v) is 12.0. The minimum Gasteiger partial charge on any atom is -0.493 e. The summed E-state index contributed by atoms with van der Waals surface area (Å²) in [6.07, 6.45) is 1.01. The maximum Gasteiger partial charge on any atom is 0.127 e. The first-order valence-corrected chi connectivity index (χ1v) is 6.33. The number of rotatable bonds is 6. The van der Waals surface area contributed by atoms with Gasteiger partial charge in [0.25, 0.3) is 0 Å². The Morgan fingerprint density at radius 3 is 2.37 bits per heavy atom. The van der Waals surface area contributed by atoms with Gasteiger partial charge < -0.3 is 10.1 Å². The van der Waals surface area contributed by atoms with Crippen molar-refractivity contribution in [3.05, 3.63) is 54.6 Å². The maximum absolute atomic E-state index is 5.85. The molecule has 0 unspecified atom stereocenters. The summed E-state index contributed by atoms with van der Waals surface area (Å²) in [6, 6.07) is 18.5. The Balaban J connectivity index is 0.00000180. The van der Waals surface area contributed by atoms with Crippen molar-refractivity contribution >= 4 is 12.4 Å². The summed E-state index contributed by atoms with van der Waals surface area (Å²) in [6.45, 7) is 1.72. The molecule has 2 rings (SSSR count). The molecule has 0 aliphatic rings. The first-order valence-electron chi connectivity index (χ1n) is 6.33. The fraction of sp³-hybridized carbons (Fsp3) is 0.250. The standard InChI is InChI=1S/C16H19NO.ClH/c1-17-12-7-13-18-16-11-6-5-10-15(16)14-8-3-2-4-9-14;/h2-6,8-11,17H,7,12-13H2,1H3;1H. The van der Waals surface area contributed by atoms with Gasteiger partial charge in [0.15, 0.2) is 0 Å². The minimum atomic E-state index is 0. The normalized spacial score (nSPS) is 9.74. The zero-order chi connectivity index (χ0) is 12.6. The van der Waals surface area contributed by atoms with Crippen molar-refractivity contribution in [2.45, 2.75) is 6.42 Å². The van der Waals surface area contributed by atoms with Gasteiger partial charge in [0.2, 0.25) is 0 Å². The molecule has 19 heavy (non-hydrogen) atoms. The number of nitrogens with one attached hydrogen (secondary N) is 1. The summed E-state index contributed by atoms with van der Waals surface area (Å²) < 4.78 is 5.85. The van der Waals surface area contributed by atoms with E-state index in [1.807, 2.05) is 43.4 Å². The molecule has 0 saturated carbocycles. The Kier molecular flexibility index (Phi) is 7.01. The molecule has 0 atom stereocenters. The van der Waals surface area contributed by atoms with Crippen molar-refractivity contribution in [2.24, 2.45) is 0 Å². The van der Waals surface area contributed by atoms with Crippen LogP contribution < -0.4 is 10.1 Å². The van der Waals surface area contributed by atoms with Crippen LogP contribution in [0.2, 0.25) is 0 Å². The molecule has 0 aliphatic heterocycles. The summed E-state index contributed by atoms with van der Waals surface area (Å²) in [5.41, 5.74) is 2.35. The Morgan fingerprint density at radius 2 is 1.63 bits per heavy atom. The average Bonchev–Trinajstić information content (AvgIpc) is 2.45. The molecule has 0 aromatic heterocycles. The fourth-order valence-corrected chi connectivity index (χ4v) is 1.88. The molecule has 0 amide bonds. The summed E-state index contributed by atoms with van der Waals surface area (Å²) in [5, 5.41) is 3.12. The third kappa shape index (κ3) is 4.58. The molecule has 0 bridgehead atoms. The molecule has 2 aromatic carbocycles. The lowest BCUT2D eigenvalue weighted by atomic mass is 10.1. The van der Waals surface area contributed by atoms with E-state index in [0.29, 0.717) is 0 Å². The summed E-state index contributed by atoms with van der Waals surface area (Å²) >= 11 is 0. The lowest BCUT2D eigenvalue weighted by Crippen LogP contribution is -2.11. The van der Waals surface area contributed by atoms with Gasteiger partial charge in [-0.25, -0.2) is 0 Å². The molecule has 102 valence electrons. The van der Waals surface area contributed by atoms with Crippen LogP contribution in [-0.2, 0) is 0 Å². The van der Waals surface area contributed by atoms with Crippen molar-refractivity contribution < 1.29 is 4.74 Å². The number of hydrogen-bond acceptors (Lipinski definition) is 2. The Bertz CT molecular complexity index is 473. The van der Waals surface area contributed by atoms with Gasteiger partial charge in [-0.3, -0.25) is 0 Å². The lowest BCUT2D eigenvalue weighted by molar-refractivity contribution is 0.311. The van der Waals surface area contributed by atoms with Crippen molar-refractivity contribution in [3.8, 4) is 16.9 Å². The largest absolute Gasteiger partial charge is 0.493 e. The molecule has 0 spiro atoms. The van der Waals surface area contributed by atoms with Crippen LogP contribution in [0.4, 0.5) is 0 Å². The van der Waals surface area contributed by atoms with Crippen molar-refractivity contribution in [1.29, 1.82) is 0 Å². The highest BCUT2D eigenvalue weighted by Gasteiger charge is 2.04. The molecule has 0 saturated heterocycles. The molecule has 0 fully saturated rings. The molecule has 2 aromatic rings. The van der Waals surface area contributed by atoms with E-state index in [0.717, 1.165) is 30.9 Å². The molecule has 2 nitrogen and oxygen atoms in total. The molecule has 0 radical (unpaired) electrons. The molecule has 3 heteroatoms. The van der Waals surface area contributed by atoms with E-state index in [1.54, 1.807) is 0 Å². The topological polar surface area (TPSA) is 21.3 Å². The predicted octanol–water partition coefficient (Wildman–Crippen LogP) is 3.76. The monoisotopic (exact) mass is 277 g/mol. The number of halogens is 1. The first-order chi connectivity index (χ1) is 8.92. The number of para-hydroxylation sites is 1. The van der Waals surface area contributed by atoms with Gasteiger partial charge in [0, 0.05) is 5.56 Å². The predicted molar refractivity (Wildman–Crippen MR) is 83.2 cm³/mol. The van der Waals surface area contributed by atoms with Gasteiger partial charge in [-0.05, 0) is 31.6 Å². The highest BCUT2D eigenvalue weighted by molar-refractivity contribution is 5.85. The second kappa shape index (κ2) is 8.57. The lowest BCUT2D eigenvalue weighted by Gasteiger charge is -2.11. The van der Waals surface area contributed by atoms with Crippen LogP contribution in [0.3, 0.4) is 0 Å². The van der Waals surface area contributed by atoms with E-state index in [1.165, 1.54) is 5.56 Å². The molecule has 1 N–H and O–H groups in total. The van der Waals surface area contributed by atoms with Crippen LogP contribution in [-0.4, -0.2) is 20.2 Å². The highest BCUT2D eigenvalue weighted by Crippen LogP contribution is 2.29. The zero-order valence-electron chi connectivity index (χ0n) is 11.1. The van der Waals surface area contributed by atoms with Gasteiger partial charge in [-0.15, -0.1) is 12.4 Å². The van der Waals surface area contributed by atoms with E-state index in [4.69, 9.17) is 4.74 Å². The van der Waals surface area contributed by atoms with E-state index in [9.17, 15) is 0 Å². The van der Waals surface area contributed by atoms with Gasteiger partial charge in [0.05, 0.1) is 6.61 Å². The SMILES string of the molecule is CNCCCOc1ccccc1-c1ccccc1.Cl. The van der Waals surface area contributed by atoms with Crippen LogP contribution in [0, 0.1) is 0 Å². The fourth-order valence-electron chi connectivity index (χ4n) is 1.88. The third-order valence-corrected chi connectivity index (χ3v) is 2.80. The molecular weight excluding hydrogens is 258 g/mol. The van der Waals surface area contributed by atoms with Crippen LogP contribution >= 0.6 is 12.4 Å². The van der Waals surface area contributed by atoms with Crippen LogP contribution in [0.5, 0.6) is 5.75 Å². The average molecular weight is 278 g/mol. The van der Waals surface area contributed by atoms with Crippen molar-refractivity contribution in [1.82, 2.24) is 5.32 Å². The molecule has 0 heterocycles. The Hall–Kier alpha value is -1.51. The number of hydrogen-bond donors (Lipinski definition) is 1. The number of benzene rings is 2. The maximum atomic E-state index is 5.85. The van der Waals surface area contributed by atoms with E-state index in [2.05, 4.69) is 23.5 Å². The second-order valence-corrected chi connectivity index (χ2v) is 4.17. The second-order valence-electron chi connectivity index (χ2n) is 4.17. The van der Waals surface area contributed by atoms with Crippen LogP contribution in [0.15, 0.2) is 54.6 Å². The number of ether oxygens (including phenoxy) is 1. The van der Waals surface area contributed by atoms with Gasteiger partial charge in [-0.1, -0.05) is 48.5 Å². The van der Waals surface area contributed by atoms with Crippen molar-refractivity contribution in [3.63, 3.8) is 0 Å². The first kappa shape index (κ1) is 15.5. The van der Waals surface area contributed by atoms with Gasteiger partial charge in [-0.2, -0.15) is 0 Å². The van der Waals surface area contributed by atoms with E-state index < -0.39 is 0 Å². The summed E-state index contributed by atoms with van der Waals surface area (Å²) in [5.74, 6) is 0.958. The molecule has 0 aliphatic carbocycles. The van der Waals surface area contributed by atoms with Crippen LogP contribution in [0.25, 0.3) is 11.1 Å². The summed E-state index contributed by atoms with van der Waals surface area (Å²) in [7, 11) is 1.96. The van der Waals surface area contributed by atoms with Gasteiger partial charge in [0.1, 0.15) is 5.75 Å².